The summed E-state index contributed by atoms with van der Waals surface area (Å²) in [5, 5.41) is 13.3. The van der Waals surface area contributed by atoms with E-state index in [0.717, 1.165) is 38.0 Å². The normalized spacial score (nSPS) is 19.9. The van der Waals surface area contributed by atoms with Crippen LogP contribution in [0.1, 0.15) is 49.7 Å². The number of aromatic amines is 1. The maximum Gasteiger partial charge on any atom is 0.417 e. The number of H-pyrrole nitrogens is 1. The van der Waals surface area contributed by atoms with E-state index < -0.39 is 26.5 Å². The molecule has 1 aromatic carbocycles. The van der Waals surface area contributed by atoms with Crippen LogP contribution in [0.15, 0.2) is 17.0 Å². The van der Waals surface area contributed by atoms with Crippen LogP contribution in [0.25, 0.3) is 11.4 Å². The van der Waals surface area contributed by atoms with Crippen molar-refractivity contribution in [1.82, 2.24) is 20.6 Å². The van der Waals surface area contributed by atoms with Gasteiger partial charge in [-0.2, -0.15) is 18.4 Å². The summed E-state index contributed by atoms with van der Waals surface area (Å²) >= 11 is 0. The Morgan fingerprint density at radius 2 is 1.89 bits per heavy atom. The van der Waals surface area contributed by atoms with Gasteiger partial charge in [0.1, 0.15) is 0 Å². The minimum Gasteiger partial charge on any atom is -0.224 e. The number of tetrazole rings is 1. The number of benzene rings is 1. The fourth-order valence-corrected chi connectivity index (χ4v) is 5.88. The Balaban J connectivity index is 1.90. The average Bonchev–Trinajstić information content (AvgIpc) is 3.06. The number of rotatable bonds is 5. The summed E-state index contributed by atoms with van der Waals surface area (Å²) in [6, 6.07) is 2.26. The van der Waals surface area contributed by atoms with Gasteiger partial charge in [-0.05, 0) is 60.3 Å². The van der Waals surface area contributed by atoms with E-state index in [1.807, 2.05) is 0 Å². The van der Waals surface area contributed by atoms with Crippen LogP contribution in [0.2, 0.25) is 0 Å². The first-order valence-corrected chi connectivity index (χ1v) is 11.2. The van der Waals surface area contributed by atoms with Gasteiger partial charge < -0.3 is 0 Å². The summed E-state index contributed by atoms with van der Waals surface area (Å²) in [6.07, 6.45) is 3.12. The number of halogens is 3. The van der Waals surface area contributed by atoms with Crippen LogP contribution >= 0.6 is 0 Å². The van der Waals surface area contributed by atoms with E-state index in [2.05, 4.69) is 20.6 Å². The molecule has 4 rings (SSSR count). The van der Waals surface area contributed by atoms with Crippen molar-refractivity contribution in [3.8, 4) is 11.4 Å². The summed E-state index contributed by atoms with van der Waals surface area (Å²) in [6.45, 7) is 0. The molecule has 0 amide bonds. The third kappa shape index (κ3) is 3.42. The third-order valence-electron chi connectivity index (χ3n) is 6.15. The lowest BCUT2D eigenvalue weighted by Gasteiger charge is -2.25. The molecule has 2 aliphatic rings. The molecule has 0 atom stereocenters. The van der Waals surface area contributed by atoms with Gasteiger partial charge in [-0.25, -0.2) is 8.42 Å². The van der Waals surface area contributed by atoms with Crippen LogP contribution in [0.4, 0.5) is 13.2 Å². The molecule has 0 aliphatic heterocycles. The molecule has 152 valence electrons. The Kier molecular flexibility index (Phi) is 4.52. The zero-order valence-corrected chi connectivity index (χ0v) is 16.2. The van der Waals surface area contributed by atoms with Crippen LogP contribution in [-0.4, -0.2) is 35.3 Å². The van der Waals surface area contributed by atoms with Crippen molar-refractivity contribution in [1.29, 1.82) is 0 Å². The molecule has 0 saturated heterocycles. The quantitative estimate of drug-likeness (QED) is 0.804. The Morgan fingerprint density at radius 3 is 2.39 bits per heavy atom. The lowest BCUT2D eigenvalue weighted by molar-refractivity contribution is -0.139. The first-order valence-electron chi connectivity index (χ1n) is 9.29. The van der Waals surface area contributed by atoms with Crippen LogP contribution in [-0.2, 0) is 22.4 Å². The first kappa shape index (κ1) is 19.4. The van der Waals surface area contributed by atoms with Crippen molar-refractivity contribution in [2.24, 2.45) is 11.3 Å². The van der Waals surface area contributed by atoms with Crippen LogP contribution in [0.3, 0.4) is 0 Å². The molecule has 0 bridgehead atoms. The third-order valence-corrected chi connectivity index (χ3v) is 7.31. The zero-order valence-electron chi connectivity index (χ0n) is 15.4. The lowest BCUT2D eigenvalue weighted by Crippen LogP contribution is -2.19. The molecule has 10 heteroatoms. The van der Waals surface area contributed by atoms with Crippen molar-refractivity contribution in [2.75, 3.05) is 6.26 Å². The number of nitrogens with zero attached hydrogens (tertiary/aromatic N) is 3. The standard InChI is InChI=1S/C18H21F3N4O2S/c1-28(26,27)15-13(18(19,20)21)7-6-11(14(15)16-22-24-25-23-16)10-17(8-9-17)12-4-2-3-5-12/h6-7,12H,2-5,8-10H2,1H3,(H,22,23,24,25). The summed E-state index contributed by atoms with van der Waals surface area (Å²) in [4.78, 5) is -0.763. The second kappa shape index (κ2) is 6.53. The average molecular weight is 414 g/mol. The van der Waals surface area contributed by atoms with E-state index in [9.17, 15) is 21.6 Å². The van der Waals surface area contributed by atoms with Crippen LogP contribution in [0, 0.1) is 11.3 Å². The Morgan fingerprint density at radius 1 is 1.21 bits per heavy atom. The lowest BCUT2D eigenvalue weighted by atomic mass is 9.81. The number of nitrogens with one attached hydrogen (secondary N) is 1. The summed E-state index contributed by atoms with van der Waals surface area (Å²) < 4.78 is 65.6. The Labute approximate surface area is 160 Å². The SMILES string of the molecule is CS(=O)(=O)c1c(C(F)(F)F)ccc(CC2(C3CCCC3)CC2)c1-c1nn[nH]n1. The summed E-state index contributed by atoms with van der Waals surface area (Å²) in [5.74, 6) is 0.415. The summed E-state index contributed by atoms with van der Waals surface area (Å²) in [5.41, 5.74) is -0.678. The van der Waals surface area contributed by atoms with Gasteiger partial charge in [-0.1, -0.05) is 18.9 Å². The highest BCUT2D eigenvalue weighted by molar-refractivity contribution is 7.91. The molecule has 1 heterocycles. The highest BCUT2D eigenvalue weighted by Gasteiger charge is 2.50. The van der Waals surface area contributed by atoms with E-state index in [1.54, 1.807) is 0 Å². The highest BCUT2D eigenvalue weighted by atomic mass is 32.2. The molecule has 1 aromatic heterocycles. The largest absolute Gasteiger partial charge is 0.417 e. The van der Waals surface area contributed by atoms with Gasteiger partial charge in [0, 0.05) is 11.8 Å². The molecule has 0 spiro atoms. The van der Waals surface area contributed by atoms with Gasteiger partial charge in [0.15, 0.2) is 9.84 Å². The Hall–Kier alpha value is -1.97. The van der Waals surface area contributed by atoms with Crippen molar-refractivity contribution in [3.05, 3.63) is 23.3 Å². The predicted molar refractivity (Wildman–Crippen MR) is 95.1 cm³/mol. The smallest absolute Gasteiger partial charge is 0.224 e. The maximum absolute atomic E-state index is 13.6. The summed E-state index contributed by atoms with van der Waals surface area (Å²) in [7, 11) is -4.19. The molecule has 28 heavy (non-hydrogen) atoms. The number of alkyl halides is 3. The van der Waals surface area contributed by atoms with Gasteiger partial charge in [0.2, 0.25) is 5.82 Å². The molecule has 2 fully saturated rings. The minimum absolute atomic E-state index is 0.0451. The van der Waals surface area contributed by atoms with Crippen molar-refractivity contribution in [3.63, 3.8) is 0 Å². The molecule has 2 saturated carbocycles. The highest BCUT2D eigenvalue weighted by Crippen LogP contribution is 2.59. The van der Waals surface area contributed by atoms with E-state index >= 15 is 0 Å². The van der Waals surface area contributed by atoms with Crippen molar-refractivity contribution in [2.45, 2.75) is 56.0 Å². The number of sulfone groups is 1. The van der Waals surface area contributed by atoms with Gasteiger partial charge in [0.05, 0.1) is 10.5 Å². The molecule has 2 aromatic rings. The molecular formula is C18H21F3N4O2S. The van der Waals surface area contributed by atoms with Gasteiger partial charge in [-0.3, -0.25) is 0 Å². The second-order valence-corrected chi connectivity index (χ2v) is 9.95. The predicted octanol–water partition coefficient (Wildman–Crippen LogP) is 3.80. The van der Waals surface area contributed by atoms with E-state index in [4.69, 9.17) is 0 Å². The van der Waals surface area contributed by atoms with Crippen molar-refractivity contribution >= 4 is 9.84 Å². The fraction of sp³-hybridized carbons (Fsp3) is 0.611. The van der Waals surface area contributed by atoms with E-state index in [0.29, 0.717) is 17.9 Å². The van der Waals surface area contributed by atoms with E-state index in [-0.39, 0.29) is 16.8 Å². The molecular weight excluding hydrogens is 393 g/mol. The van der Waals surface area contributed by atoms with Gasteiger partial charge >= 0.3 is 6.18 Å². The number of hydrogen-bond donors (Lipinski definition) is 1. The van der Waals surface area contributed by atoms with Gasteiger partial charge in [0.25, 0.3) is 0 Å². The monoisotopic (exact) mass is 414 g/mol. The zero-order chi connectivity index (χ0) is 20.2. The van der Waals surface area contributed by atoms with Gasteiger partial charge in [-0.15, -0.1) is 10.2 Å². The second-order valence-electron chi connectivity index (χ2n) is 8.00. The number of aromatic nitrogens is 4. The molecule has 6 nitrogen and oxygen atoms in total. The van der Waals surface area contributed by atoms with Crippen molar-refractivity contribution < 1.29 is 21.6 Å². The minimum atomic E-state index is -4.81. The number of hydrogen-bond acceptors (Lipinski definition) is 5. The topological polar surface area (TPSA) is 88.6 Å². The molecule has 0 unspecified atom stereocenters. The fourth-order valence-electron chi connectivity index (χ4n) is 4.70. The van der Waals surface area contributed by atoms with E-state index in [1.165, 1.54) is 18.9 Å². The molecule has 2 aliphatic carbocycles. The molecule has 0 radical (unpaired) electrons. The first-order chi connectivity index (χ1) is 13.1. The van der Waals surface area contributed by atoms with Crippen LogP contribution < -0.4 is 0 Å². The Bertz CT molecular complexity index is 977. The maximum atomic E-state index is 13.6. The molecule has 1 N–H and O–H groups in total. The van der Waals surface area contributed by atoms with Crippen LogP contribution in [0.5, 0.6) is 0 Å².